The van der Waals surface area contributed by atoms with Crippen LogP contribution < -0.4 is 0 Å². The Morgan fingerprint density at radius 3 is 3.00 bits per heavy atom. The predicted octanol–water partition coefficient (Wildman–Crippen LogP) is 2.31. The van der Waals surface area contributed by atoms with E-state index in [4.69, 9.17) is 16.7 Å². The van der Waals surface area contributed by atoms with Gasteiger partial charge in [-0.2, -0.15) is 0 Å². The number of aromatic carboxylic acids is 1. The van der Waals surface area contributed by atoms with Crippen LogP contribution in [0.1, 0.15) is 21.5 Å². The Morgan fingerprint density at radius 2 is 2.40 bits per heavy atom. The number of hydrogen-bond donors (Lipinski definition) is 2. The number of hydrogen-bond acceptors (Lipinski definition) is 2. The van der Waals surface area contributed by atoms with E-state index in [2.05, 4.69) is 9.97 Å². The van der Waals surface area contributed by atoms with Crippen molar-refractivity contribution in [2.45, 2.75) is 12.8 Å². The SMILES string of the molecule is Cc1cnc2[nH]cc(C(=O)O)c2c1CCl. The maximum Gasteiger partial charge on any atom is 0.337 e. The highest BCUT2D eigenvalue weighted by Crippen LogP contribution is 2.25. The molecule has 78 valence electrons. The second kappa shape index (κ2) is 3.55. The van der Waals surface area contributed by atoms with Crippen molar-refractivity contribution in [2.75, 3.05) is 0 Å². The van der Waals surface area contributed by atoms with Crippen LogP contribution in [0, 0.1) is 6.92 Å². The van der Waals surface area contributed by atoms with Gasteiger partial charge in [0, 0.05) is 23.7 Å². The first kappa shape index (κ1) is 9.98. The number of carboxylic acids is 1. The second-order valence-electron chi connectivity index (χ2n) is 3.28. The lowest BCUT2D eigenvalue weighted by atomic mass is 10.1. The van der Waals surface area contributed by atoms with Crippen molar-refractivity contribution in [3.63, 3.8) is 0 Å². The number of aromatic nitrogens is 2. The molecule has 0 bridgehead atoms. The number of H-pyrrole nitrogens is 1. The van der Waals surface area contributed by atoms with Crippen LogP contribution in [0.15, 0.2) is 12.4 Å². The Morgan fingerprint density at radius 1 is 1.67 bits per heavy atom. The number of aryl methyl sites for hydroxylation is 1. The zero-order chi connectivity index (χ0) is 11.0. The maximum atomic E-state index is 11.0. The Bertz CT molecular complexity index is 533. The van der Waals surface area contributed by atoms with Gasteiger partial charge in [0.2, 0.25) is 0 Å². The van der Waals surface area contributed by atoms with E-state index in [1.807, 2.05) is 6.92 Å². The van der Waals surface area contributed by atoms with Gasteiger partial charge in [-0.25, -0.2) is 9.78 Å². The molecule has 0 aliphatic heterocycles. The summed E-state index contributed by atoms with van der Waals surface area (Å²) in [5.41, 5.74) is 2.51. The van der Waals surface area contributed by atoms with Gasteiger partial charge in [-0.05, 0) is 18.1 Å². The summed E-state index contributed by atoms with van der Waals surface area (Å²) >= 11 is 5.81. The highest BCUT2D eigenvalue weighted by atomic mass is 35.5. The van der Waals surface area contributed by atoms with Crippen LogP contribution in [0.3, 0.4) is 0 Å². The van der Waals surface area contributed by atoms with E-state index in [9.17, 15) is 4.79 Å². The summed E-state index contributed by atoms with van der Waals surface area (Å²) in [5.74, 6) is -0.691. The summed E-state index contributed by atoms with van der Waals surface area (Å²) in [6.07, 6.45) is 3.12. The fourth-order valence-corrected chi connectivity index (χ4v) is 1.94. The van der Waals surface area contributed by atoms with E-state index in [1.54, 1.807) is 6.20 Å². The highest BCUT2D eigenvalue weighted by molar-refractivity contribution is 6.18. The lowest BCUT2D eigenvalue weighted by Crippen LogP contribution is -1.97. The van der Waals surface area contributed by atoms with Crippen LogP contribution in [-0.2, 0) is 5.88 Å². The van der Waals surface area contributed by atoms with Gasteiger partial charge in [-0.15, -0.1) is 11.6 Å². The number of carbonyl (C=O) groups is 1. The molecule has 15 heavy (non-hydrogen) atoms. The third-order valence-corrected chi connectivity index (χ3v) is 2.66. The van der Waals surface area contributed by atoms with Crippen LogP contribution in [0.2, 0.25) is 0 Å². The van der Waals surface area contributed by atoms with Gasteiger partial charge in [0.15, 0.2) is 0 Å². The molecule has 0 aliphatic rings. The normalized spacial score (nSPS) is 10.8. The molecule has 0 atom stereocenters. The summed E-state index contributed by atoms with van der Waals surface area (Å²) in [6, 6.07) is 0. The van der Waals surface area contributed by atoms with Gasteiger partial charge in [-0.3, -0.25) is 0 Å². The minimum Gasteiger partial charge on any atom is -0.478 e. The van der Waals surface area contributed by atoms with Gasteiger partial charge >= 0.3 is 5.97 Å². The molecule has 0 amide bonds. The van der Waals surface area contributed by atoms with E-state index in [1.165, 1.54) is 6.20 Å². The Labute approximate surface area is 90.9 Å². The van der Waals surface area contributed by atoms with Gasteiger partial charge in [-0.1, -0.05) is 0 Å². The van der Waals surface area contributed by atoms with Crippen molar-refractivity contribution in [3.05, 3.63) is 29.1 Å². The number of alkyl halides is 1. The first-order chi connectivity index (χ1) is 7.15. The van der Waals surface area contributed by atoms with E-state index in [0.29, 0.717) is 11.0 Å². The number of halogens is 1. The second-order valence-corrected chi connectivity index (χ2v) is 3.55. The molecule has 0 radical (unpaired) electrons. The summed E-state index contributed by atoms with van der Waals surface area (Å²) in [7, 11) is 0. The van der Waals surface area contributed by atoms with Crippen molar-refractivity contribution in [1.82, 2.24) is 9.97 Å². The summed E-state index contributed by atoms with van der Waals surface area (Å²) in [6.45, 7) is 1.86. The Hall–Kier alpha value is -1.55. The van der Waals surface area contributed by atoms with Gasteiger partial charge < -0.3 is 10.1 Å². The predicted molar refractivity (Wildman–Crippen MR) is 57.3 cm³/mol. The van der Waals surface area contributed by atoms with Crippen molar-refractivity contribution in [2.24, 2.45) is 0 Å². The van der Waals surface area contributed by atoms with E-state index in [-0.39, 0.29) is 11.4 Å². The van der Waals surface area contributed by atoms with E-state index < -0.39 is 5.97 Å². The average Bonchev–Trinajstić information content (AvgIpc) is 2.61. The smallest absolute Gasteiger partial charge is 0.337 e. The average molecular weight is 225 g/mol. The number of nitrogens with zero attached hydrogens (tertiary/aromatic N) is 1. The number of nitrogens with one attached hydrogen (secondary N) is 1. The van der Waals surface area contributed by atoms with Crippen molar-refractivity contribution in [1.29, 1.82) is 0 Å². The van der Waals surface area contributed by atoms with Crippen molar-refractivity contribution < 1.29 is 9.90 Å². The number of aromatic amines is 1. The highest BCUT2D eigenvalue weighted by Gasteiger charge is 2.15. The molecule has 0 aromatic carbocycles. The first-order valence-electron chi connectivity index (χ1n) is 4.40. The molecule has 5 heteroatoms. The van der Waals surface area contributed by atoms with Crippen LogP contribution in [0.5, 0.6) is 0 Å². The van der Waals surface area contributed by atoms with Crippen molar-refractivity contribution >= 4 is 28.6 Å². The largest absolute Gasteiger partial charge is 0.478 e. The van der Waals surface area contributed by atoms with Crippen molar-refractivity contribution in [3.8, 4) is 0 Å². The molecule has 2 aromatic heterocycles. The molecule has 0 saturated carbocycles. The fraction of sp³-hybridized carbons (Fsp3) is 0.200. The first-order valence-corrected chi connectivity index (χ1v) is 4.93. The van der Waals surface area contributed by atoms with Crippen LogP contribution in [-0.4, -0.2) is 21.0 Å². The molecule has 2 rings (SSSR count). The molecule has 2 N–H and O–H groups in total. The van der Waals surface area contributed by atoms with E-state index >= 15 is 0 Å². The minimum absolute atomic E-state index is 0.219. The molecule has 4 nitrogen and oxygen atoms in total. The standard InChI is InChI=1S/C10H9ClN2O2/c1-5-3-12-9-8(6(5)2-11)7(4-13-9)10(14)15/h3-4H,2H2,1H3,(H,12,13)(H,14,15). The summed E-state index contributed by atoms with van der Waals surface area (Å²) in [4.78, 5) is 17.9. The number of pyridine rings is 1. The third-order valence-electron chi connectivity index (χ3n) is 2.39. The third kappa shape index (κ3) is 1.47. The zero-order valence-electron chi connectivity index (χ0n) is 8.04. The monoisotopic (exact) mass is 224 g/mol. The van der Waals surface area contributed by atoms with E-state index in [0.717, 1.165) is 11.1 Å². The lowest BCUT2D eigenvalue weighted by molar-refractivity contribution is 0.0699. The molecule has 0 aliphatic carbocycles. The van der Waals surface area contributed by atoms with Gasteiger partial charge in [0.05, 0.1) is 5.56 Å². The van der Waals surface area contributed by atoms with Crippen LogP contribution >= 0.6 is 11.6 Å². The fourth-order valence-electron chi connectivity index (χ4n) is 1.60. The summed E-state index contributed by atoms with van der Waals surface area (Å²) in [5, 5.41) is 9.60. The maximum absolute atomic E-state index is 11.0. The Kier molecular flexibility index (Phi) is 2.36. The topological polar surface area (TPSA) is 66.0 Å². The minimum atomic E-state index is -0.972. The molecule has 0 saturated heterocycles. The quantitative estimate of drug-likeness (QED) is 0.770. The number of carboxylic acid groups (broad SMARTS) is 1. The van der Waals surface area contributed by atoms with Gasteiger partial charge in [0.1, 0.15) is 5.65 Å². The molecule has 0 fully saturated rings. The molecular weight excluding hydrogens is 216 g/mol. The number of rotatable bonds is 2. The zero-order valence-corrected chi connectivity index (χ0v) is 8.80. The molecule has 2 heterocycles. The summed E-state index contributed by atoms with van der Waals surface area (Å²) < 4.78 is 0. The lowest BCUT2D eigenvalue weighted by Gasteiger charge is -2.03. The van der Waals surface area contributed by atoms with Crippen LogP contribution in [0.25, 0.3) is 11.0 Å². The van der Waals surface area contributed by atoms with Crippen LogP contribution in [0.4, 0.5) is 0 Å². The molecular formula is C10H9ClN2O2. The Balaban J connectivity index is 2.86. The van der Waals surface area contributed by atoms with Gasteiger partial charge in [0.25, 0.3) is 0 Å². The molecule has 2 aromatic rings. The molecule has 0 spiro atoms. The number of fused-ring (bicyclic) bond motifs is 1. The molecule has 0 unspecified atom stereocenters.